The SMILES string of the molecule is Cc1ccc2c(c1)S(=O)(=O)N(CC(=O)N[C@@H](C)c1c(C)cncc1F)C(=O)N2. The molecule has 0 radical (unpaired) electrons. The van der Waals surface area contributed by atoms with Gasteiger partial charge in [0.05, 0.1) is 17.9 Å². The summed E-state index contributed by atoms with van der Waals surface area (Å²) < 4.78 is 40.0. The third kappa shape index (κ3) is 3.55. The molecule has 0 saturated carbocycles. The van der Waals surface area contributed by atoms with Gasteiger partial charge in [-0.25, -0.2) is 21.9 Å². The molecule has 1 aliphatic rings. The van der Waals surface area contributed by atoms with Crippen molar-refractivity contribution in [2.75, 3.05) is 11.9 Å². The Hall–Kier alpha value is -3.01. The number of fused-ring (bicyclic) bond motifs is 1. The number of hydrogen-bond acceptors (Lipinski definition) is 5. The van der Waals surface area contributed by atoms with Gasteiger partial charge in [0.25, 0.3) is 10.0 Å². The highest BCUT2D eigenvalue weighted by atomic mass is 32.2. The molecule has 0 aliphatic carbocycles. The number of pyridine rings is 1. The molecular formula is C18H19FN4O4S. The van der Waals surface area contributed by atoms with E-state index in [-0.39, 0.29) is 16.1 Å². The molecule has 148 valence electrons. The molecule has 3 amide bonds. The first-order valence-corrected chi connectivity index (χ1v) is 9.89. The van der Waals surface area contributed by atoms with Crippen molar-refractivity contribution in [2.45, 2.75) is 31.7 Å². The number of aryl methyl sites for hydroxylation is 2. The molecule has 1 aromatic heterocycles. The number of anilines is 1. The largest absolute Gasteiger partial charge is 0.348 e. The molecule has 1 aliphatic heterocycles. The van der Waals surface area contributed by atoms with Gasteiger partial charge in [0.2, 0.25) is 5.91 Å². The van der Waals surface area contributed by atoms with Crippen LogP contribution in [0.15, 0.2) is 35.5 Å². The van der Waals surface area contributed by atoms with Gasteiger partial charge in [-0.3, -0.25) is 9.78 Å². The maximum absolute atomic E-state index is 14.0. The van der Waals surface area contributed by atoms with Crippen molar-refractivity contribution in [2.24, 2.45) is 0 Å². The number of hydrogen-bond donors (Lipinski definition) is 2. The average Bonchev–Trinajstić information content (AvgIpc) is 2.59. The number of benzene rings is 1. The second-order valence-electron chi connectivity index (χ2n) is 6.58. The summed E-state index contributed by atoms with van der Waals surface area (Å²) in [5.74, 6) is -1.32. The first-order valence-electron chi connectivity index (χ1n) is 8.45. The molecule has 0 fully saturated rings. The van der Waals surface area contributed by atoms with E-state index in [0.29, 0.717) is 15.4 Å². The van der Waals surface area contributed by atoms with E-state index in [4.69, 9.17) is 0 Å². The molecule has 2 N–H and O–H groups in total. The van der Waals surface area contributed by atoms with Crippen LogP contribution in [0, 0.1) is 19.7 Å². The Morgan fingerprint density at radius 2 is 2.04 bits per heavy atom. The van der Waals surface area contributed by atoms with Crippen LogP contribution in [0.25, 0.3) is 0 Å². The molecule has 1 atom stereocenters. The van der Waals surface area contributed by atoms with Gasteiger partial charge in [0.15, 0.2) is 0 Å². The van der Waals surface area contributed by atoms with Gasteiger partial charge >= 0.3 is 6.03 Å². The van der Waals surface area contributed by atoms with Gasteiger partial charge in [-0.1, -0.05) is 6.07 Å². The van der Waals surface area contributed by atoms with Gasteiger partial charge in [0, 0.05) is 11.8 Å². The Morgan fingerprint density at radius 3 is 2.71 bits per heavy atom. The van der Waals surface area contributed by atoms with Gasteiger partial charge in [0.1, 0.15) is 17.3 Å². The number of amides is 3. The summed E-state index contributed by atoms with van der Waals surface area (Å²) in [5, 5.41) is 4.99. The minimum Gasteiger partial charge on any atom is -0.348 e. The molecule has 1 aromatic carbocycles. The fourth-order valence-corrected chi connectivity index (χ4v) is 4.61. The predicted molar refractivity (Wildman–Crippen MR) is 99.6 cm³/mol. The van der Waals surface area contributed by atoms with Gasteiger partial charge in [-0.2, -0.15) is 0 Å². The smallest absolute Gasteiger partial charge is 0.336 e. The van der Waals surface area contributed by atoms with Crippen molar-refractivity contribution in [3.05, 3.63) is 53.1 Å². The van der Waals surface area contributed by atoms with E-state index < -0.39 is 40.4 Å². The molecule has 3 rings (SSSR count). The lowest BCUT2D eigenvalue weighted by atomic mass is 10.0. The van der Waals surface area contributed by atoms with Crippen molar-refractivity contribution in [3.8, 4) is 0 Å². The Morgan fingerprint density at radius 1 is 1.32 bits per heavy atom. The number of nitrogens with one attached hydrogen (secondary N) is 2. The van der Waals surface area contributed by atoms with Crippen molar-refractivity contribution in [1.29, 1.82) is 0 Å². The zero-order valence-electron chi connectivity index (χ0n) is 15.5. The highest BCUT2D eigenvalue weighted by Gasteiger charge is 2.38. The number of carbonyl (C=O) groups excluding carboxylic acids is 2. The molecule has 0 spiro atoms. The number of carbonyl (C=O) groups is 2. The van der Waals surface area contributed by atoms with Crippen LogP contribution in [0.5, 0.6) is 0 Å². The number of sulfonamides is 1. The number of nitrogens with zero attached hydrogens (tertiary/aromatic N) is 2. The van der Waals surface area contributed by atoms with E-state index in [1.54, 1.807) is 26.8 Å². The Bertz CT molecular complexity index is 1050. The Labute approximate surface area is 161 Å². The van der Waals surface area contributed by atoms with Crippen molar-refractivity contribution in [3.63, 3.8) is 0 Å². The summed E-state index contributed by atoms with van der Waals surface area (Å²) in [5.41, 5.74) is 1.64. The molecule has 0 bridgehead atoms. The minimum atomic E-state index is -4.19. The average molecular weight is 406 g/mol. The van der Waals surface area contributed by atoms with E-state index in [1.165, 1.54) is 18.3 Å². The van der Waals surface area contributed by atoms with Crippen LogP contribution in [0.2, 0.25) is 0 Å². The standard InChI is InChI=1S/C18H19FN4O4S/c1-10-4-5-14-15(6-10)28(26,27)23(18(25)22-14)9-16(24)21-12(3)17-11(2)7-20-8-13(17)19/h4-8,12H,9H2,1-3H3,(H,21,24)(H,22,25)/t12-/m0/s1. The fraction of sp³-hybridized carbons (Fsp3) is 0.278. The highest BCUT2D eigenvalue weighted by Crippen LogP contribution is 2.30. The molecule has 0 unspecified atom stereocenters. The normalized spacial score (nSPS) is 16.1. The van der Waals surface area contributed by atoms with E-state index in [2.05, 4.69) is 15.6 Å². The first-order chi connectivity index (χ1) is 13.1. The molecule has 8 nitrogen and oxygen atoms in total. The van der Waals surface area contributed by atoms with Crippen LogP contribution in [-0.2, 0) is 14.8 Å². The van der Waals surface area contributed by atoms with Crippen LogP contribution in [0.3, 0.4) is 0 Å². The number of halogens is 1. The van der Waals surface area contributed by atoms with Crippen molar-refractivity contribution >= 4 is 27.6 Å². The molecule has 28 heavy (non-hydrogen) atoms. The summed E-state index contributed by atoms with van der Waals surface area (Å²) in [6.45, 7) is 4.21. The van der Waals surface area contributed by atoms with E-state index >= 15 is 0 Å². The minimum absolute atomic E-state index is 0.0797. The topological polar surface area (TPSA) is 108 Å². The zero-order valence-corrected chi connectivity index (χ0v) is 16.3. The third-order valence-electron chi connectivity index (χ3n) is 4.41. The van der Waals surface area contributed by atoms with Crippen LogP contribution >= 0.6 is 0 Å². The highest BCUT2D eigenvalue weighted by molar-refractivity contribution is 7.90. The maximum atomic E-state index is 14.0. The lowest BCUT2D eigenvalue weighted by Crippen LogP contribution is -2.49. The Kier molecular flexibility index (Phi) is 5.07. The summed E-state index contributed by atoms with van der Waals surface area (Å²) in [6.07, 6.45) is 2.50. The van der Waals surface area contributed by atoms with E-state index in [1.807, 2.05) is 0 Å². The first kappa shape index (κ1) is 19.7. The van der Waals surface area contributed by atoms with Crippen LogP contribution in [0.1, 0.15) is 29.7 Å². The molecule has 2 heterocycles. The summed E-state index contributed by atoms with van der Waals surface area (Å²) >= 11 is 0. The quantitative estimate of drug-likeness (QED) is 0.810. The maximum Gasteiger partial charge on any atom is 0.336 e. The van der Waals surface area contributed by atoms with Crippen molar-refractivity contribution < 1.29 is 22.4 Å². The summed E-state index contributed by atoms with van der Waals surface area (Å²) in [6, 6.07) is 2.93. The second-order valence-corrected chi connectivity index (χ2v) is 8.41. The zero-order chi connectivity index (χ0) is 20.6. The van der Waals surface area contributed by atoms with Gasteiger partial charge in [-0.15, -0.1) is 0 Å². The predicted octanol–water partition coefficient (Wildman–Crippen LogP) is 2.25. The third-order valence-corrected chi connectivity index (χ3v) is 6.18. The molecule has 10 heteroatoms. The van der Waals surface area contributed by atoms with E-state index in [0.717, 1.165) is 6.20 Å². The fourth-order valence-electron chi connectivity index (χ4n) is 3.09. The summed E-state index contributed by atoms with van der Waals surface area (Å²) in [7, 11) is -4.19. The molecule has 2 aromatic rings. The van der Waals surface area contributed by atoms with Crippen LogP contribution in [-0.4, -0.2) is 36.2 Å². The number of urea groups is 1. The number of aromatic nitrogens is 1. The van der Waals surface area contributed by atoms with Crippen LogP contribution in [0.4, 0.5) is 14.9 Å². The van der Waals surface area contributed by atoms with Crippen LogP contribution < -0.4 is 10.6 Å². The van der Waals surface area contributed by atoms with E-state index in [9.17, 15) is 22.4 Å². The monoisotopic (exact) mass is 406 g/mol. The number of rotatable bonds is 4. The second kappa shape index (κ2) is 7.19. The Balaban J connectivity index is 1.81. The van der Waals surface area contributed by atoms with Gasteiger partial charge < -0.3 is 10.6 Å². The summed E-state index contributed by atoms with van der Waals surface area (Å²) in [4.78, 5) is 28.3. The lowest BCUT2D eigenvalue weighted by molar-refractivity contribution is -0.121. The van der Waals surface area contributed by atoms with Gasteiger partial charge in [-0.05, 0) is 44.0 Å². The molecule has 0 saturated heterocycles. The molecular weight excluding hydrogens is 387 g/mol. The van der Waals surface area contributed by atoms with Crippen molar-refractivity contribution in [1.82, 2.24) is 14.6 Å². The lowest BCUT2D eigenvalue weighted by Gasteiger charge is -2.29.